The number of furan rings is 1. The highest BCUT2D eigenvalue weighted by molar-refractivity contribution is 6.08. The fraction of sp³-hybridized carbons (Fsp3) is 0.125. The monoisotopic (exact) mass is 401 g/mol. The minimum atomic E-state index is -0.699. The van der Waals surface area contributed by atoms with E-state index in [9.17, 15) is 14.4 Å². The molecule has 0 aliphatic rings. The summed E-state index contributed by atoms with van der Waals surface area (Å²) in [6.45, 7) is 2.80. The molecule has 1 N–H and O–H groups in total. The van der Waals surface area contributed by atoms with Gasteiger partial charge in [0, 0.05) is 27.6 Å². The van der Waals surface area contributed by atoms with Crippen LogP contribution in [0.5, 0.6) is 0 Å². The average molecular weight is 401 g/mol. The summed E-state index contributed by atoms with van der Waals surface area (Å²) in [7, 11) is 0. The largest absolute Gasteiger partial charge is 0.450 e. The third-order valence-electron chi connectivity index (χ3n) is 4.92. The van der Waals surface area contributed by atoms with Gasteiger partial charge < -0.3 is 14.5 Å². The zero-order chi connectivity index (χ0) is 21.3. The number of fused-ring (bicyclic) bond motifs is 3. The molecule has 0 saturated carbocycles. The highest BCUT2D eigenvalue weighted by Gasteiger charge is 2.21. The topological polar surface area (TPSA) is 85.6 Å². The number of carbonyl (C=O) groups is 3. The number of ether oxygens (including phenoxy) is 1. The van der Waals surface area contributed by atoms with E-state index in [0.717, 1.165) is 16.2 Å². The number of benzene rings is 3. The molecule has 0 saturated heterocycles. The Morgan fingerprint density at radius 1 is 0.933 bits per heavy atom. The van der Waals surface area contributed by atoms with Gasteiger partial charge in [-0.15, -0.1) is 0 Å². The smallest absolute Gasteiger partial charge is 0.375 e. The van der Waals surface area contributed by atoms with Crippen molar-refractivity contribution in [3.8, 4) is 0 Å². The van der Waals surface area contributed by atoms with E-state index in [2.05, 4.69) is 5.32 Å². The van der Waals surface area contributed by atoms with Crippen LogP contribution in [-0.2, 0) is 9.53 Å². The van der Waals surface area contributed by atoms with Crippen molar-refractivity contribution in [2.75, 3.05) is 11.9 Å². The molecule has 0 radical (unpaired) electrons. The predicted octanol–water partition coefficient (Wildman–Crippen LogP) is 4.89. The van der Waals surface area contributed by atoms with E-state index >= 15 is 0 Å². The number of hydrogen-bond donors (Lipinski definition) is 1. The Balaban J connectivity index is 1.46. The SMILES string of the molecule is CC(=O)c1ccc(NC(=O)COC(=O)c2oc3c(ccc4ccccc43)c2C)cc1. The normalized spacial score (nSPS) is 10.9. The van der Waals surface area contributed by atoms with Crippen LogP contribution in [0.2, 0.25) is 0 Å². The number of anilines is 1. The summed E-state index contributed by atoms with van der Waals surface area (Å²) >= 11 is 0. The molecule has 4 aromatic rings. The van der Waals surface area contributed by atoms with Crippen molar-refractivity contribution >= 4 is 45.1 Å². The van der Waals surface area contributed by atoms with Crippen LogP contribution < -0.4 is 5.32 Å². The van der Waals surface area contributed by atoms with Gasteiger partial charge in [-0.25, -0.2) is 4.79 Å². The highest BCUT2D eigenvalue weighted by atomic mass is 16.5. The maximum atomic E-state index is 12.5. The molecular formula is C24H19NO5. The van der Waals surface area contributed by atoms with Crippen molar-refractivity contribution in [3.05, 3.63) is 77.6 Å². The molecule has 1 aromatic heterocycles. The number of hydrogen-bond acceptors (Lipinski definition) is 5. The van der Waals surface area contributed by atoms with Gasteiger partial charge in [-0.2, -0.15) is 0 Å². The average Bonchev–Trinajstić information content (AvgIpc) is 3.09. The summed E-state index contributed by atoms with van der Waals surface area (Å²) in [5, 5.41) is 5.37. The minimum absolute atomic E-state index is 0.0595. The zero-order valence-corrected chi connectivity index (χ0v) is 16.5. The molecule has 0 aliphatic carbocycles. The van der Waals surface area contributed by atoms with Crippen molar-refractivity contribution in [2.24, 2.45) is 0 Å². The fourth-order valence-corrected chi connectivity index (χ4v) is 3.33. The Bertz CT molecular complexity index is 1280. The van der Waals surface area contributed by atoms with Gasteiger partial charge in [0.2, 0.25) is 5.76 Å². The lowest BCUT2D eigenvalue weighted by Crippen LogP contribution is -2.21. The quantitative estimate of drug-likeness (QED) is 0.380. The molecule has 6 nitrogen and oxygen atoms in total. The van der Waals surface area contributed by atoms with Crippen LogP contribution in [0.15, 0.2) is 65.1 Å². The Labute approximate surface area is 172 Å². The molecule has 30 heavy (non-hydrogen) atoms. The highest BCUT2D eigenvalue weighted by Crippen LogP contribution is 2.32. The summed E-state index contributed by atoms with van der Waals surface area (Å²) in [6.07, 6.45) is 0. The van der Waals surface area contributed by atoms with Crippen LogP contribution in [0.25, 0.3) is 21.7 Å². The van der Waals surface area contributed by atoms with Gasteiger partial charge in [0.15, 0.2) is 12.4 Å². The molecule has 3 aromatic carbocycles. The van der Waals surface area contributed by atoms with Crippen LogP contribution in [0.3, 0.4) is 0 Å². The first-order valence-electron chi connectivity index (χ1n) is 9.43. The Hall–Kier alpha value is -3.93. The summed E-state index contributed by atoms with van der Waals surface area (Å²) in [5.41, 5.74) is 2.34. The van der Waals surface area contributed by atoms with E-state index in [1.807, 2.05) is 36.4 Å². The first-order valence-corrected chi connectivity index (χ1v) is 9.43. The van der Waals surface area contributed by atoms with Gasteiger partial charge in [0.25, 0.3) is 5.91 Å². The molecule has 1 heterocycles. The number of carbonyl (C=O) groups excluding carboxylic acids is 3. The standard InChI is InChI=1S/C24H19NO5/c1-14-19-12-9-17-5-3-4-6-20(17)23(19)30-22(14)24(28)29-13-21(27)25-18-10-7-16(8-11-18)15(2)26/h3-12H,13H2,1-2H3,(H,25,27). The van der Waals surface area contributed by atoms with Gasteiger partial charge in [-0.3, -0.25) is 9.59 Å². The molecule has 150 valence electrons. The first-order chi connectivity index (χ1) is 14.4. The van der Waals surface area contributed by atoms with Crippen LogP contribution in [0.1, 0.15) is 33.4 Å². The Morgan fingerprint density at radius 2 is 1.67 bits per heavy atom. The lowest BCUT2D eigenvalue weighted by molar-refractivity contribution is -0.119. The van der Waals surface area contributed by atoms with Crippen molar-refractivity contribution in [2.45, 2.75) is 13.8 Å². The van der Waals surface area contributed by atoms with Gasteiger partial charge in [-0.05, 0) is 43.5 Å². The van der Waals surface area contributed by atoms with Crippen molar-refractivity contribution < 1.29 is 23.5 Å². The molecule has 0 spiro atoms. The number of rotatable bonds is 5. The second-order valence-electron chi connectivity index (χ2n) is 6.98. The van der Waals surface area contributed by atoms with Crippen LogP contribution in [0.4, 0.5) is 5.69 Å². The number of ketones is 1. The molecule has 0 fully saturated rings. The summed E-state index contributed by atoms with van der Waals surface area (Å²) in [5.74, 6) is -1.16. The second kappa shape index (κ2) is 7.83. The second-order valence-corrected chi connectivity index (χ2v) is 6.98. The van der Waals surface area contributed by atoms with E-state index in [1.54, 1.807) is 31.2 Å². The van der Waals surface area contributed by atoms with E-state index in [-0.39, 0.29) is 11.5 Å². The van der Waals surface area contributed by atoms with Crippen LogP contribution in [0, 0.1) is 6.92 Å². The fourth-order valence-electron chi connectivity index (χ4n) is 3.33. The molecule has 0 bridgehead atoms. The molecule has 1 amide bonds. The Morgan fingerprint density at radius 3 is 2.40 bits per heavy atom. The van der Waals surface area contributed by atoms with Gasteiger partial charge in [-0.1, -0.05) is 36.4 Å². The lowest BCUT2D eigenvalue weighted by Gasteiger charge is -2.06. The molecule has 0 unspecified atom stereocenters. The summed E-state index contributed by atoms with van der Waals surface area (Å²) in [6, 6.07) is 18.1. The maximum absolute atomic E-state index is 12.5. The van der Waals surface area contributed by atoms with Gasteiger partial charge >= 0.3 is 5.97 Å². The first kappa shape index (κ1) is 19.4. The van der Waals surface area contributed by atoms with Crippen LogP contribution >= 0.6 is 0 Å². The van der Waals surface area contributed by atoms with E-state index in [1.165, 1.54) is 6.92 Å². The van der Waals surface area contributed by atoms with Crippen LogP contribution in [-0.4, -0.2) is 24.3 Å². The number of aryl methyl sites for hydroxylation is 1. The number of amides is 1. The van der Waals surface area contributed by atoms with E-state index < -0.39 is 18.5 Å². The number of Topliss-reactive ketones (excluding diaryl/α,β-unsaturated/α-hetero) is 1. The molecule has 0 aliphatic heterocycles. The third kappa shape index (κ3) is 3.67. The van der Waals surface area contributed by atoms with Crippen molar-refractivity contribution in [1.82, 2.24) is 0 Å². The maximum Gasteiger partial charge on any atom is 0.375 e. The molecular weight excluding hydrogens is 382 g/mol. The zero-order valence-electron chi connectivity index (χ0n) is 16.5. The number of esters is 1. The summed E-state index contributed by atoms with van der Waals surface area (Å²) in [4.78, 5) is 35.9. The van der Waals surface area contributed by atoms with E-state index in [0.29, 0.717) is 22.4 Å². The molecule has 0 atom stereocenters. The van der Waals surface area contributed by atoms with Gasteiger partial charge in [0.05, 0.1) is 0 Å². The van der Waals surface area contributed by atoms with Gasteiger partial charge in [0.1, 0.15) is 5.58 Å². The van der Waals surface area contributed by atoms with E-state index in [4.69, 9.17) is 9.15 Å². The molecule has 4 rings (SSSR count). The third-order valence-corrected chi connectivity index (χ3v) is 4.92. The lowest BCUT2D eigenvalue weighted by atomic mass is 10.1. The minimum Gasteiger partial charge on any atom is -0.450 e. The molecule has 6 heteroatoms. The Kier molecular flexibility index (Phi) is 5.06. The van der Waals surface area contributed by atoms with Crippen molar-refractivity contribution in [3.63, 3.8) is 0 Å². The number of nitrogens with one attached hydrogen (secondary N) is 1. The summed E-state index contributed by atoms with van der Waals surface area (Å²) < 4.78 is 11.0. The van der Waals surface area contributed by atoms with Crippen molar-refractivity contribution in [1.29, 1.82) is 0 Å². The predicted molar refractivity (Wildman–Crippen MR) is 114 cm³/mol.